The summed E-state index contributed by atoms with van der Waals surface area (Å²) < 4.78 is 0. The SMILES string of the molecule is CCc1cc(CC=O)ccc1CO. The molecule has 2 nitrogen and oxygen atoms in total. The van der Waals surface area contributed by atoms with Gasteiger partial charge in [0.1, 0.15) is 6.29 Å². The summed E-state index contributed by atoms with van der Waals surface area (Å²) in [5.74, 6) is 0. The van der Waals surface area contributed by atoms with Gasteiger partial charge in [-0.1, -0.05) is 25.1 Å². The molecule has 0 aromatic heterocycles. The highest BCUT2D eigenvalue weighted by Crippen LogP contribution is 2.13. The van der Waals surface area contributed by atoms with Crippen molar-refractivity contribution in [2.24, 2.45) is 0 Å². The fourth-order valence-electron chi connectivity index (χ4n) is 1.39. The molecule has 2 heteroatoms. The molecule has 0 fully saturated rings. The molecule has 0 bridgehead atoms. The van der Waals surface area contributed by atoms with Crippen molar-refractivity contribution in [2.45, 2.75) is 26.4 Å². The lowest BCUT2D eigenvalue weighted by Gasteiger charge is -2.06. The second-order valence-corrected chi connectivity index (χ2v) is 2.99. The number of carbonyl (C=O) groups excluding carboxylic acids is 1. The Labute approximate surface area is 78.2 Å². The van der Waals surface area contributed by atoms with Gasteiger partial charge >= 0.3 is 0 Å². The summed E-state index contributed by atoms with van der Waals surface area (Å²) in [5.41, 5.74) is 3.10. The van der Waals surface area contributed by atoms with Gasteiger partial charge in [-0.2, -0.15) is 0 Å². The third kappa shape index (κ3) is 2.39. The van der Waals surface area contributed by atoms with Gasteiger partial charge in [-0.3, -0.25) is 0 Å². The third-order valence-corrected chi connectivity index (χ3v) is 2.14. The quantitative estimate of drug-likeness (QED) is 0.709. The molecule has 0 amide bonds. The molecule has 0 saturated heterocycles. The number of benzene rings is 1. The van der Waals surface area contributed by atoms with Gasteiger partial charge < -0.3 is 9.90 Å². The van der Waals surface area contributed by atoms with Crippen LogP contribution in [0.2, 0.25) is 0 Å². The maximum absolute atomic E-state index is 10.3. The second kappa shape index (κ2) is 4.77. The first kappa shape index (κ1) is 9.93. The van der Waals surface area contributed by atoms with E-state index in [4.69, 9.17) is 5.11 Å². The normalized spacial score (nSPS) is 10.0. The van der Waals surface area contributed by atoms with E-state index in [0.717, 1.165) is 29.4 Å². The number of carbonyl (C=O) groups is 1. The Morgan fingerprint density at radius 2 is 2.15 bits per heavy atom. The van der Waals surface area contributed by atoms with Gasteiger partial charge in [-0.05, 0) is 23.1 Å². The molecule has 1 aromatic rings. The van der Waals surface area contributed by atoms with E-state index in [-0.39, 0.29) is 6.61 Å². The fraction of sp³-hybridized carbons (Fsp3) is 0.364. The van der Waals surface area contributed by atoms with E-state index < -0.39 is 0 Å². The van der Waals surface area contributed by atoms with Crippen LogP contribution in [0.5, 0.6) is 0 Å². The first-order valence-corrected chi connectivity index (χ1v) is 4.47. The van der Waals surface area contributed by atoms with Crippen molar-refractivity contribution in [3.8, 4) is 0 Å². The summed E-state index contributed by atoms with van der Waals surface area (Å²) in [6.07, 6.45) is 2.24. The molecular formula is C11H14O2. The Bertz CT molecular complexity index is 292. The molecule has 0 spiro atoms. The van der Waals surface area contributed by atoms with Gasteiger partial charge in [0, 0.05) is 6.42 Å². The number of rotatable bonds is 4. The highest BCUT2D eigenvalue weighted by atomic mass is 16.3. The van der Waals surface area contributed by atoms with Crippen LogP contribution in [0.15, 0.2) is 18.2 Å². The van der Waals surface area contributed by atoms with Crippen molar-refractivity contribution in [1.29, 1.82) is 0 Å². The van der Waals surface area contributed by atoms with Crippen LogP contribution >= 0.6 is 0 Å². The maximum atomic E-state index is 10.3. The Hall–Kier alpha value is -1.15. The van der Waals surface area contributed by atoms with Crippen LogP contribution in [0.4, 0.5) is 0 Å². The van der Waals surface area contributed by atoms with Crippen LogP contribution in [0.25, 0.3) is 0 Å². The summed E-state index contributed by atoms with van der Waals surface area (Å²) in [6.45, 7) is 2.11. The van der Waals surface area contributed by atoms with E-state index in [9.17, 15) is 4.79 Å². The Kier molecular flexibility index (Phi) is 3.65. The average Bonchev–Trinajstić information content (AvgIpc) is 2.18. The van der Waals surface area contributed by atoms with Gasteiger partial charge in [0.05, 0.1) is 6.61 Å². The molecule has 0 aliphatic rings. The predicted octanol–water partition coefficient (Wildman–Crippen LogP) is 1.48. The molecule has 1 N–H and O–H groups in total. The summed E-state index contributed by atoms with van der Waals surface area (Å²) in [7, 11) is 0. The third-order valence-electron chi connectivity index (χ3n) is 2.14. The van der Waals surface area contributed by atoms with Gasteiger partial charge in [-0.25, -0.2) is 0 Å². The molecule has 0 heterocycles. The first-order valence-electron chi connectivity index (χ1n) is 4.47. The van der Waals surface area contributed by atoms with E-state index in [1.165, 1.54) is 0 Å². The minimum absolute atomic E-state index is 0.0740. The summed E-state index contributed by atoms with van der Waals surface area (Å²) in [5, 5.41) is 9.00. The van der Waals surface area contributed by atoms with Crippen LogP contribution in [0.3, 0.4) is 0 Å². The lowest BCUT2D eigenvalue weighted by Crippen LogP contribution is -1.95. The van der Waals surface area contributed by atoms with Crippen LogP contribution in [0, 0.1) is 0 Å². The predicted molar refractivity (Wildman–Crippen MR) is 51.5 cm³/mol. The van der Waals surface area contributed by atoms with Gasteiger partial charge in [0.25, 0.3) is 0 Å². The van der Waals surface area contributed by atoms with Crippen LogP contribution in [0.1, 0.15) is 23.6 Å². The fourth-order valence-corrected chi connectivity index (χ4v) is 1.39. The molecule has 0 atom stereocenters. The maximum Gasteiger partial charge on any atom is 0.124 e. The van der Waals surface area contributed by atoms with Crippen LogP contribution in [-0.2, 0) is 24.2 Å². The number of aryl methyl sites for hydroxylation is 1. The van der Waals surface area contributed by atoms with E-state index in [2.05, 4.69) is 0 Å². The van der Waals surface area contributed by atoms with E-state index >= 15 is 0 Å². The first-order chi connectivity index (χ1) is 6.31. The van der Waals surface area contributed by atoms with Gasteiger partial charge in [0.2, 0.25) is 0 Å². The Morgan fingerprint density at radius 3 is 2.69 bits per heavy atom. The Morgan fingerprint density at radius 1 is 1.38 bits per heavy atom. The van der Waals surface area contributed by atoms with Crippen LogP contribution in [-0.4, -0.2) is 11.4 Å². The monoisotopic (exact) mass is 178 g/mol. The van der Waals surface area contributed by atoms with Crippen molar-refractivity contribution in [3.63, 3.8) is 0 Å². The minimum atomic E-state index is 0.0740. The van der Waals surface area contributed by atoms with Crippen molar-refractivity contribution < 1.29 is 9.90 Å². The lowest BCUT2D eigenvalue weighted by atomic mass is 10.0. The summed E-state index contributed by atoms with van der Waals surface area (Å²) in [4.78, 5) is 10.3. The van der Waals surface area contributed by atoms with Gasteiger partial charge in [0.15, 0.2) is 0 Å². The van der Waals surface area contributed by atoms with Crippen molar-refractivity contribution in [3.05, 3.63) is 34.9 Å². The second-order valence-electron chi connectivity index (χ2n) is 2.99. The number of aldehydes is 1. The van der Waals surface area contributed by atoms with E-state index in [1.54, 1.807) is 0 Å². The molecule has 0 aliphatic carbocycles. The molecule has 0 unspecified atom stereocenters. The highest BCUT2D eigenvalue weighted by molar-refractivity contribution is 5.55. The molecular weight excluding hydrogens is 164 g/mol. The molecule has 1 aromatic carbocycles. The zero-order valence-corrected chi connectivity index (χ0v) is 7.79. The van der Waals surface area contributed by atoms with E-state index in [0.29, 0.717) is 6.42 Å². The Balaban J connectivity index is 2.98. The zero-order valence-electron chi connectivity index (χ0n) is 7.79. The minimum Gasteiger partial charge on any atom is -0.392 e. The number of aliphatic hydroxyl groups is 1. The smallest absolute Gasteiger partial charge is 0.124 e. The average molecular weight is 178 g/mol. The molecule has 1 rings (SSSR count). The van der Waals surface area contributed by atoms with E-state index in [1.807, 2.05) is 25.1 Å². The number of aliphatic hydroxyl groups excluding tert-OH is 1. The lowest BCUT2D eigenvalue weighted by molar-refractivity contribution is -0.107. The molecule has 70 valence electrons. The molecule has 13 heavy (non-hydrogen) atoms. The topological polar surface area (TPSA) is 37.3 Å². The summed E-state index contributed by atoms with van der Waals surface area (Å²) >= 11 is 0. The van der Waals surface area contributed by atoms with Crippen molar-refractivity contribution in [2.75, 3.05) is 0 Å². The van der Waals surface area contributed by atoms with Crippen LogP contribution < -0.4 is 0 Å². The van der Waals surface area contributed by atoms with Crippen molar-refractivity contribution >= 4 is 6.29 Å². The van der Waals surface area contributed by atoms with Crippen molar-refractivity contribution in [1.82, 2.24) is 0 Å². The number of hydrogen-bond donors (Lipinski definition) is 1. The molecule has 0 radical (unpaired) electrons. The standard InChI is InChI=1S/C11H14O2/c1-2-10-7-9(5-6-12)3-4-11(10)8-13/h3-4,6-7,13H,2,5,8H2,1H3. The zero-order chi connectivity index (χ0) is 9.68. The largest absolute Gasteiger partial charge is 0.392 e. The van der Waals surface area contributed by atoms with Gasteiger partial charge in [-0.15, -0.1) is 0 Å². The molecule has 0 saturated carbocycles. The summed E-state index contributed by atoms with van der Waals surface area (Å²) in [6, 6.07) is 5.76. The number of hydrogen-bond acceptors (Lipinski definition) is 2. The highest BCUT2D eigenvalue weighted by Gasteiger charge is 2.00. The molecule has 0 aliphatic heterocycles.